The van der Waals surface area contributed by atoms with Gasteiger partial charge in [-0.05, 0) is 42.0 Å². The Hall–Kier alpha value is -3.74. The van der Waals surface area contributed by atoms with Gasteiger partial charge in [-0.1, -0.05) is 12.1 Å². The fourth-order valence-electron chi connectivity index (χ4n) is 2.70. The molecule has 2 aromatic carbocycles. The molecule has 0 unspecified atom stereocenters. The summed E-state index contributed by atoms with van der Waals surface area (Å²) < 4.78 is 15.7. The highest BCUT2D eigenvalue weighted by molar-refractivity contribution is 6.05. The predicted molar refractivity (Wildman–Crippen MR) is 112 cm³/mol. The lowest BCUT2D eigenvalue weighted by molar-refractivity contribution is 0.102. The van der Waals surface area contributed by atoms with Gasteiger partial charge in [0.05, 0.1) is 27.0 Å². The molecule has 0 fully saturated rings. The lowest BCUT2D eigenvalue weighted by Gasteiger charge is -2.12. The zero-order valence-electron chi connectivity index (χ0n) is 16.6. The fraction of sp³-hybridized carbons (Fsp3) is 0.182. The number of nitrogens with zero attached hydrogens (tertiary/aromatic N) is 1. The fourth-order valence-corrected chi connectivity index (χ4v) is 2.70. The van der Waals surface area contributed by atoms with Crippen LogP contribution in [-0.2, 0) is 6.54 Å². The first-order valence-electron chi connectivity index (χ1n) is 8.99. The molecule has 0 radical (unpaired) electrons. The molecule has 1 aromatic heterocycles. The van der Waals surface area contributed by atoms with Crippen LogP contribution in [0.1, 0.15) is 15.9 Å². The summed E-state index contributed by atoms with van der Waals surface area (Å²) in [6.07, 6.45) is 1.59. The summed E-state index contributed by atoms with van der Waals surface area (Å²) in [5.74, 6) is 2.32. The minimum Gasteiger partial charge on any atom is -0.497 e. The Morgan fingerprint density at radius 3 is 2.31 bits per heavy atom. The van der Waals surface area contributed by atoms with Gasteiger partial charge in [0.15, 0.2) is 0 Å². The molecular formula is C22H23N3O4. The first-order valence-corrected chi connectivity index (χ1v) is 8.99. The molecule has 0 saturated carbocycles. The number of benzene rings is 2. The van der Waals surface area contributed by atoms with Crippen LogP contribution in [0.5, 0.6) is 17.2 Å². The van der Waals surface area contributed by atoms with Gasteiger partial charge in [-0.25, -0.2) is 4.98 Å². The zero-order valence-corrected chi connectivity index (χ0v) is 16.6. The van der Waals surface area contributed by atoms with Gasteiger partial charge in [0.1, 0.15) is 23.1 Å². The average molecular weight is 393 g/mol. The van der Waals surface area contributed by atoms with Crippen molar-refractivity contribution < 1.29 is 19.0 Å². The Balaban J connectivity index is 1.67. The molecule has 3 rings (SSSR count). The number of carbonyl (C=O) groups excluding carboxylic acids is 1. The molecule has 0 aliphatic heterocycles. The molecular weight excluding hydrogens is 370 g/mol. The van der Waals surface area contributed by atoms with Crippen molar-refractivity contribution in [3.63, 3.8) is 0 Å². The lowest BCUT2D eigenvalue weighted by atomic mass is 10.2. The van der Waals surface area contributed by atoms with Crippen LogP contribution in [0.25, 0.3) is 0 Å². The second-order valence-corrected chi connectivity index (χ2v) is 6.15. The van der Waals surface area contributed by atoms with E-state index in [0.717, 1.165) is 11.3 Å². The first-order chi connectivity index (χ1) is 14.1. The van der Waals surface area contributed by atoms with Gasteiger partial charge in [0, 0.05) is 24.4 Å². The van der Waals surface area contributed by atoms with Crippen molar-refractivity contribution in [1.82, 2.24) is 4.98 Å². The van der Waals surface area contributed by atoms with Gasteiger partial charge in [-0.3, -0.25) is 4.79 Å². The van der Waals surface area contributed by atoms with E-state index in [1.54, 1.807) is 50.7 Å². The predicted octanol–water partition coefficient (Wildman–Crippen LogP) is 3.97. The Bertz CT molecular complexity index is 974. The number of methoxy groups -OCH3 is 3. The number of hydrogen-bond donors (Lipinski definition) is 2. The van der Waals surface area contributed by atoms with E-state index >= 15 is 0 Å². The number of nitrogens with one attached hydrogen (secondary N) is 2. The van der Waals surface area contributed by atoms with Crippen molar-refractivity contribution in [2.24, 2.45) is 0 Å². The standard InChI is InChI=1S/C22H23N3O4/c1-27-17-6-4-15(5-7-17)14-24-21-12-16(10-11-23-21)22(26)25-19-9-8-18(28-2)13-20(19)29-3/h4-13H,14H2,1-3H3,(H,23,24)(H,25,26). The molecule has 0 aliphatic carbocycles. The highest BCUT2D eigenvalue weighted by atomic mass is 16.5. The molecule has 0 bridgehead atoms. The molecule has 1 amide bonds. The molecule has 7 heteroatoms. The van der Waals surface area contributed by atoms with E-state index in [1.165, 1.54) is 7.11 Å². The summed E-state index contributed by atoms with van der Waals surface area (Å²) in [5.41, 5.74) is 2.11. The van der Waals surface area contributed by atoms with Crippen LogP contribution >= 0.6 is 0 Å². The van der Waals surface area contributed by atoms with Crippen molar-refractivity contribution >= 4 is 17.4 Å². The molecule has 150 valence electrons. The maximum atomic E-state index is 12.7. The van der Waals surface area contributed by atoms with Crippen LogP contribution in [0.2, 0.25) is 0 Å². The van der Waals surface area contributed by atoms with Gasteiger partial charge >= 0.3 is 0 Å². The number of carbonyl (C=O) groups is 1. The number of hydrogen-bond acceptors (Lipinski definition) is 6. The summed E-state index contributed by atoms with van der Waals surface area (Å²) in [5, 5.41) is 6.08. The molecule has 3 aromatic rings. The topological polar surface area (TPSA) is 81.7 Å². The molecule has 0 aliphatic rings. The van der Waals surface area contributed by atoms with Crippen LogP contribution in [0.15, 0.2) is 60.8 Å². The number of aromatic nitrogens is 1. The second-order valence-electron chi connectivity index (χ2n) is 6.15. The van der Waals surface area contributed by atoms with E-state index in [2.05, 4.69) is 15.6 Å². The van der Waals surface area contributed by atoms with Crippen molar-refractivity contribution in [2.45, 2.75) is 6.54 Å². The van der Waals surface area contributed by atoms with Crippen molar-refractivity contribution in [2.75, 3.05) is 32.0 Å². The van der Waals surface area contributed by atoms with Crippen LogP contribution in [0.4, 0.5) is 11.5 Å². The Labute approximate surface area is 169 Å². The van der Waals surface area contributed by atoms with Crippen LogP contribution in [0.3, 0.4) is 0 Å². The van der Waals surface area contributed by atoms with Crippen LogP contribution < -0.4 is 24.8 Å². The van der Waals surface area contributed by atoms with E-state index in [-0.39, 0.29) is 5.91 Å². The molecule has 0 saturated heterocycles. The molecule has 0 atom stereocenters. The maximum absolute atomic E-state index is 12.7. The first kappa shape index (κ1) is 20.0. The van der Waals surface area contributed by atoms with E-state index in [1.807, 2.05) is 24.3 Å². The monoisotopic (exact) mass is 393 g/mol. The van der Waals surface area contributed by atoms with Crippen LogP contribution in [-0.4, -0.2) is 32.2 Å². The maximum Gasteiger partial charge on any atom is 0.255 e. The normalized spacial score (nSPS) is 10.2. The third kappa shape index (κ3) is 5.16. The number of amides is 1. The SMILES string of the molecule is COc1ccc(CNc2cc(C(=O)Nc3ccc(OC)cc3OC)ccn2)cc1. The Kier molecular flexibility index (Phi) is 6.52. The molecule has 7 nitrogen and oxygen atoms in total. The molecule has 1 heterocycles. The smallest absolute Gasteiger partial charge is 0.255 e. The van der Waals surface area contributed by atoms with Crippen molar-refractivity contribution in [3.05, 3.63) is 71.9 Å². The van der Waals surface area contributed by atoms with Gasteiger partial charge in [0.2, 0.25) is 0 Å². The molecule has 29 heavy (non-hydrogen) atoms. The average Bonchev–Trinajstić information content (AvgIpc) is 2.78. The summed E-state index contributed by atoms with van der Waals surface area (Å²) in [6.45, 7) is 0.578. The highest BCUT2D eigenvalue weighted by Crippen LogP contribution is 2.29. The summed E-state index contributed by atoms with van der Waals surface area (Å²) in [7, 11) is 4.75. The summed E-state index contributed by atoms with van der Waals surface area (Å²) >= 11 is 0. The highest BCUT2D eigenvalue weighted by Gasteiger charge is 2.12. The van der Waals surface area contributed by atoms with Crippen molar-refractivity contribution in [1.29, 1.82) is 0 Å². The van der Waals surface area contributed by atoms with Gasteiger partial charge in [-0.15, -0.1) is 0 Å². The minimum atomic E-state index is -0.261. The third-order valence-electron chi connectivity index (χ3n) is 4.31. The summed E-state index contributed by atoms with van der Waals surface area (Å²) in [6, 6.07) is 16.3. The van der Waals surface area contributed by atoms with Crippen molar-refractivity contribution in [3.8, 4) is 17.2 Å². The van der Waals surface area contributed by atoms with E-state index in [0.29, 0.717) is 35.1 Å². The number of rotatable bonds is 8. The number of pyridine rings is 1. The molecule has 2 N–H and O–H groups in total. The zero-order chi connectivity index (χ0) is 20.6. The van der Waals surface area contributed by atoms with Gasteiger partial charge < -0.3 is 24.8 Å². The third-order valence-corrected chi connectivity index (χ3v) is 4.31. The minimum absolute atomic E-state index is 0.261. The second kappa shape index (κ2) is 9.45. The van der Waals surface area contributed by atoms with Gasteiger partial charge in [-0.2, -0.15) is 0 Å². The summed E-state index contributed by atoms with van der Waals surface area (Å²) in [4.78, 5) is 16.9. The largest absolute Gasteiger partial charge is 0.497 e. The Morgan fingerprint density at radius 1 is 0.897 bits per heavy atom. The van der Waals surface area contributed by atoms with E-state index < -0.39 is 0 Å². The van der Waals surface area contributed by atoms with E-state index in [4.69, 9.17) is 14.2 Å². The molecule has 0 spiro atoms. The number of anilines is 2. The number of ether oxygens (including phenoxy) is 3. The Morgan fingerprint density at radius 2 is 1.62 bits per heavy atom. The van der Waals surface area contributed by atoms with E-state index in [9.17, 15) is 4.79 Å². The quantitative estimate of drug-likeness (QED) is 0.603. The van der Waals surface area contributed by atoms with Crippen LogP contribution in [0, 0.1) is 0 Å². The lowest BCUT2D eigenvalue weighted by Crippen LogP contribution is -2.13. The van der Waals surface area contributed by atoms with Gasteiger partial charge in [0.25, 0.3) is 5.91 Å².